The molecule has 0 spiro atoms. The van der Waals surface area contributed by atoms with E-state index in [4.69, 9.17) is 0 Å². The van der Waals surface area contributed by atoms with Gasteiger partial charge in [0.05, 0.1) is 5.88 Å². The van der Waals surface area contributed by atoms with E-state index in [1.54, 1.807) is 13.1 Å². The number of H-pyrrole nitrogens is 1. The number of aromatic amines is 1. The van der Waals surface area contributed by atoms with Gasteiger partial charge in [-0.1, -0.05) is 0 Å². The molecule has 1 aromatic heterocycles. The minimum Gasteiger partial charge on any atom is -0.291 e. The molecule has 1 rings (SSSR count). The van der Waals surface area contributed by atoms with Crippen molar-refractivity contribution in [3.63, 3.8) is 0 Å². The van der Waals surface area contributed by atoms with Crippen molar-refractivity contribution in [1.82, 2.24) is 9.55 Å². The van der Waals surface area contributed by atoms with E-state index < -0.39 is 0 Å². The Labute approximate surface area is 73.6 Å². The van der Waals surface area contributed by atoms with Crippen LogP contribution >= 0.6 is 11.8 Å². The summed E-state index contributed by atoms with van der Waals surface area (Å²) in [5, 5.41) is 0. The molecule has 0 aliphatic carbocycles. The van der Waals surface area contributed by atoms with E-state index in [2.05, 4.69) is 4.98 Å². The molecular weight excluding hydrogens is 176 g/mol. The van der Waals surface area contributed by atoms with E-state index in [-0.39, 0.29) is 11.2 Å². The molecule has 5 heteroatoms. The van der Waals surface area contributed by atoms with Crippen LogP contribution in [0.1, 0.15) is 5.56 Å². The third-order valence-electron chi connectivity index (χ3n) is 1.46. The molecule has 12 heavy (non-hydrogen) atoms. The minimum atomic E-state index is -0.347. The quantitative estimate of drug-likeness (QED) is 0.716. The van der Waals surface area contributed by atoms with Gasteiger partial charge >= 0.3 is 5.69 Å². The van der Waals surface area contributed by atoms with Crippen molar-refractivity contribution >= 4 is 11.8 Å². The molecule has 0 aromatic carbocycles. The molecule has 0 aliphatic rings. The monoisotopic (exact) mass is 186 g/mol. The lowest BCUT2D eigenvalue weighted by Gasteiger charge is -2.01. The maximum atomic E-state index is 11.1. The van der Waals surface area contributed by atoms with Crippen molar-refractivity contribution < 1.29 is 0 Å². The standard InChI is InChI=1S/C7H10N2O2S/c1-5-3-9(4-12-2)7(11)8-6(5)10/h3H,4H2,1-2H3,(H,8,10,11). The maximum absolute atomic E-state index is 11.1. The summed E-state index contributed by atoms with van der Waals surface area (Å²) >= 11 is 1.52. The number of nitrogens with zero attached hydrogens (tertiary/aromatic N) is 1. The highest BCUT2D eigenvalue weighted by atomic mass is 32.2. The zero-order valence-electron chi connectivity index (χ0n) is 6.96. The highest BCUT2D eigenvalue weighted by molar-refractivity contribution is 7.97. The van der Waals surface area contributed by atoms with E-state index >= 15 is 0 Å². The average Bonchev–Trinajstić information content (AvgIpc) is 2.01. The van der Waals surface area contributed by atoms with E-state index in [0.717, 1.165) is 0 Å². The maximum Gasteiger partial charge on any atom is 0.329 e. The predicted molar refractivity (Wildman–Crippen MR) is 49.6 cm³/mol. The summed E-state index contributed by atoms with van der Waals surface area (Å²) in [6, 6.07) is 0. The molecule has 1 heterocycles. The molecule has 1 N–H and O–H groups in total. The summed E-state index contributed by atoms with van der Waals surface area (Å²) in [5.41, 5.74) is -0.0963. The van der Waals surface area contributed by atoms with Gasteiger partial charge in [0, 0.05) is 11.8 Å². The van der Waals surface area contributed by atoms with Crippen molar-refractivity contribution in [2.24, 2.45) is 0 Å². The van der Waals surface area contributed by atoms with Gasteiger partial charge in [0.2, 0.25) is 0 Å². The Morgan fingerprint density at radius 3 is 2.83 bits per heavy atom. The van der Waals surface area contributed by atoms with Gasteiger partial charge < -0.3 is 0 Å². The first kappa shape index (κ1) is 9.12. The Morgan fingerprint density at radius 2 is 2.25 bits per heavy atom. The number of aryl methyl sites for hydroxylation is 1. The largest absolute Gasteiger partial charge is 0.329 e. The normalized spacial score (nSPS) is 10.2. The summed E-state index contributed by atoms with van der Waals surface area (Å²) in [6.07, 6.45) is 3.46. The zero-order valence-corrected chi connectivity index (χ0v) is 7.77. The second kappa shape index (κ2) is 3.62. The molecule has 66 valence electrons. The smallest absolute Gasteiger partial charge is 0.291 e. The zero-order chi connectivity index (χ0) is 9.14. The van der Waals surface area contributed by atoms with Crippen molar-refractivity contribution in [3.05, 3.63) is 32.6 Å². The number of nitrogens with one attached hydrogen (secondary N) is 1. The fraction of sp³-hybridized carbons (Fsp3) is 0.429. The molecule has 0 amide bonds. The summed E-state index contributed by atoms with van der Waals surface area (Å²) < 4.78 is 1.47. The van der Waals surface area contributed by atoms with Crippen LogP contribution in [0.25, 0.3) is 0 Å². The number of thioether (sulfide) groups is 1. The van der Waals surface area contributed by atoms with Crippen molar-refractivity contribution in [2.75, 3.05) is 6.26 Å². The SMILES string of the molecule is CSCn1cc(C)c(=O)[nH]c1=O. The van der Waals surface area contributed by atoms with Gasteiger partial charge in [-0.05, 0) is 13.2 Å². The highest BCUT2D eigenvalue weighted by Crippen LogP contribution is 1.95. The Morgan fingerprint density at radius 1 is 1.58 bits per heavy atom. The number of rotatable bonds is 2. The van der Waals surface area contributed by atoms with Crippen LogP contribution < -0.4 is 11.2 Å². The van der Waals surface area contributed by atoms with E-state index in [1.165, 1.54) is 16.3 Å². The Bertz CT molecular complexity index is 380. The van der Waals surface area contributed by atoms with E-state index in [1.807, 2.05) is 6.26 Å². The molecule has 0 atom stereocenters. The molecule has 0 saturated carbocycles. The fourth-order valence-corrected chi connectivity index (χ4v) is 1.32. The second-order valence-electron chi connectivity index (χ2n) is 2.46. The van der Waals surface area contributed by atoms with Crippen LogP contribution in [0.5, 0.6) is 0 Å². The fourth-order valence-electron chi connectivity index (χ4n) is 0.853. The first-order valence-corrected chi connectivity index (χ1v) is 4.84. The highest BCUT2D eigenvalue weighted by Gasteiger charge is 1.98. The van der Waals surface area contributed by atoms with Gasteiger partial charge in [0.25, 0.3) is 5.56 Å². The van der Waals surface area contributed by atoms with Gasteiger partial charge in [-0.15, -0.1) is 11.8 Å². The first-order chi connectivity index (χ1) is 5.65. The second-order valence-corrected chi connectivity index (χ2v) is 3.29. The molecule has 1 aromatic rings. The van der Waals surface area contributed by atoms with Gasteiger partial charge in [0.15, 0.2) is 0 Å². The van der Waals surface area contributed by atoms with Crippen LogP contribution in [-0.4, -0.2) is 15.8 Å². The number of hydrogen-bond donors (Lipinski definition) is 1. The predicted octanol–water partition coefficient (Wildman–Crippen LogP) is 0.166. The van der Waals surface area contributed by atoms with Crippen LogP contribution in [0.2, 0.25) is 0 Å². The first-order valence-electron chi connectivity index (χ1n) is 3.44. The average molecular weight is 186 g/mol. The molecule has 0 fully saturated rings. The lowest BCUT2D eigenvalue weighted by Crippen LogP contribution is -2.30. The third-order valence-corrected chi connectivity index (χ3v) is 1.99. The molecule has 0 unspecified atom stereocenters. The lowest BCUT2D eigenvalue weighted by molar-refractivity contribution is 0.775. The Kier molecular flexibility index (Phi) is 2.75. The van der Waals surface area contributed by atoms with Crippen LogP contribution in [0, 0.1) is 6.92 Å². The number of hydrogen-bond acceptors (Lipinski definition) is 3. The molecule has 4 nitrogen and oxygen atoms in total. The van der Waals surface area contributed by atoms with Crippen LogP contribution in [-0.2, 0) is 5.88 Å². The summed E-state index contributed by atoms with van der Waals surface area (Å²) in [7, 11) is 0. The summed E-state index contributed by atoms with van der Waals surface area (Å²) in [4.78, 5) is 24.2. The lowest BCUT2D eigenvalue weighted by atomic mass is 10.4. The number of aromatic nitrogens is 2. The van der Waals surface area contributed by atoms with Crippen LogP contribution in [0.4, 0.5) is 0 Å². The third kappa shape index (κ3) is 1.79. The van der Waals surface area contributed by atoms with Crippen molar-refractivity contribution in [1.29, 1.82) is 0 Å². The summed E-state index contributed by atoms with van der Waals surface area (Å²) in [6.45, 7) is 1.68. The van der Waals surface area contributed by atoms with Crippen LogP contribution in [0.15, 0.2) is 15.8 Å². The molecule has 0 radical (unpaired) electrons. The van der Waals surface area contributed by atoms with Gasteiger partial charge in [0.1, 0.15) is 0 Å². The molecular formula is C7H10N2O2S. The van der Waals surface area contributed by atoms with Crippen molar-refractivity contribution in [3.8, 4) is 0 Å². The van der Waals surface area contributed by atoms with Gasteiger partial charge in [-0.25, -0.2) is 4.79 Å². The van der Waals surface area contributed by atoms with E-state index in [9.17, 15) is 9.59 Å². The van der Waals surface area contributed by atoms with Gasteiger partial charge in [-0.3, -0.25) is 14.3 Å². The Balaban J connectivity index is 3.24. The van der Waals surface area contributed by atoms with E-state index in [0.29, 0.717) is 11.4 Å². The molecule has 0 bridgehead atoms. The molecule has 0 saturated heterocycles. The minimum absolute atomic E-state index is 0.308. The topological polar surface area (TPSA) is 54.9 Å². The Hall–Kier alpha value is -0.970. The summed E-state index contributed by atoms with van der Waals surface area (Å²) in [5.74, 6) is 0.566. The van der Waals surface area contributed by atoms with Gasteiger partial charge in [-0.2, -0.15) is 0 Å². The van der Waals surface area contributed by atoms with Crippen molar-refractivity contribution in [2.45, 2.75) is 12.8 Å². The molecule has 0 aliphatic heterocycles. The van der Waals surface area contributed by atoms with Crippen LogP contribution in [0.3, 0.4) is 0 Å².